The van der Waals surface area contributed by atoms with Gasteiger partial charge in [-0.3, -0.25) is 4.79 Å². The van der Waals surface area contributed by atoms with Crippen LogP contribution in [0.25, 0.3) is 5.69 Å². The van der Waals surface area contributed by atoms with Crippen LogP contribution in [0.15, 0.2) is 54.9 Å². The van der Waals surface area contributed by atoms with E-state index in [9.17, 15) is 9.18 Å². The third kappa shape index (κ3) is 3.42. The quantitative estimate of drug-likeness (QED) is 0.784. The second kappa shape index (κ2) is 6.95. The molecule has 1 aliphatic rings. The van der Waals surface area contributed by atoms with Crippen molar-refractivity contribution >= 4 is 17.4 Å². The van der Waals surface area contributed by atoms with Gasteiger partial charge in [0.15, 0.2) is 5.69 Å². The average Bonchev–Trinajstić information content (AvgIpc) is 3.35. The Bertz CT molecular complexity index is 898. The van der Waals surface area contributed by atoms with Crippen LogP contribution in [-0.2, 0) is 0 Å². The Morgan fingerprint density at radius 1 is 1.04 bits per heavy atom. The third-order valence-corrected chi connectivity index (χ3v) is 4.35. The summed E-state index contributed by atoms with van der Waals surface area (Å²) in [6.45, 7) is 2.05. The number of anilines is 2. The number of nitrogens with zero attached hydrogens (tertiary/aromatic N) is 4. The minimum Gasteiger partial charge on any atom is -0.357 e. The monoisotopic (exact) mass is 351 g/mol. The fourth-order valence-corrected chi connectivity index (χ4v) is 2.97. The third-order valence-electron chi connectivity index (χ3n) is 4.35. The molecule has 1 aromatic carbocycles. The first-order valence-corrected chi connectivity index (χ1v) is 8.53. The number of hydrogen-bond donors (Lipinski definition) is 1. The van der Waals surface area contributed by atoms with Crippen LogP contribution in [0, 0.1) is 5.82 Å². The largest absolute Gasteiger partial charge is 0.357 e. The molecule has 4 rings (SSSR count). The number of carbonyl (C=O) groups is 1. The predicted octanol–water partition coefficient (Wildman–Crippen LogP) is 3.26. The van der Waals surface area contributed by atoms with Gasteiger partial charge in [0, 0.05) is 19.3 Å². The maximum Gasteiger partial charge on any atom is 0.276 e. The van der Waals surface area contributed by atoms with Gasteiger partial charge in [-0.25, -0.2) is 14.1 Å². The summed E-state index contributed by atoms with van der Waals surface area (Å²) in [5.41, 5.74) is 1.58. The highest BCUT2D eigenvalue weighted by Crippen LogP contribution is 2.19. The van der Waals surface area contributed by atoms with Gasteiger partial charge in [-0.05, 0) is 55.3 Å². The van der Waals surface area contributed by atoms with Crippen LogP contribution in [0.1, 0.15) is 23.3 Å². The molecular weight excluding hydrogens is 333 g/mol. The highest BCUT2D eigenvalue weighted by Gasteiger charge is 2.14. The van der Waals surface area contributed by atoms with E-state index in [4.69, 9.17) is 0 Å². The Morgan fingerprint density at radius 2 is 1.81 bits per heavy atom. The molecular formula is C19H18FN5O. The number of pyridine rings is 1. The van der Waals surface area contributed by atoms with E-state index in [0.717, 1.165) is 18.9 Å². The molecule has 1 aliphatic heterocycles. The highest BCUT2D eigenvalue weighted by atomic mass is 19.1. The molecule has 3 heterocycles. The van der Waals surface area contributed by atoms with Crippen LogP contribution >= 0.6 is 0 Å². The van der Waals surface area contributed by atoms with E-state index in [1.54, 1.807) is 30.6 Å². The molecule has 7 heteroatoms. The molecule has 0 atom stereocenters. The zero-order chi connectivity index (χ0) is 17.9. The van der Waals surface area contributed by atoms with Gasteiger partial charge in [0.2, 0.25) is 0 Å². The van der Waals surface area contributed by atoms with Crippen LogP contribution in [-0.4, -0.2) is 33.8 Å². The van der Waals surface area contributed by atoms with Crippen molar-refractivity contribution in [2.75, 3.05) is 23.3 Å². The normalized spacial score (nSPS) is 13.8. The van der Waals surface area contributed by atoms with Crippen LogP contribution in [0.2, 0.25) is 0 Å². The first-order valence-electron chi connectivity index (χ1n) is 8.53. The molecule has 0 bridgehead atoms. The predicted molar refractivity (Wildman–Crippen MR) is 97.2 cm³/mol. The molecule has 0 spiro atoms. The molecule has 1 saturated heterocycles. The molecule has 132 valence electrons. The second-order valence-electron chi connectivity index (χ2n) is 6.18. The van der Waals surface area contributed by atoms with Gasteiger partial charge in [-0.1, -0.05) is 0 Å². The molecule has 0 radical (unpaired) electrons. The number of rotatable bonds is 4. The summed E-state index contributed by atoms with van der Waals surface area (Å²) in [5.74, 6) is 0.298. The highest BCUT2D eigenvalue weighted by molar-refractivity contribution is 6.02. The van der Waals surface area contributed by atoms with Crippen molar-refractivity contribution in [3.8, 4) is 5.69 Å². The molecule has 1 amide bonds. The van der Waals surface area contributed by atoms with Crippen LogP contribution in [0.4, 0.5) is 15.9 Å². The number of nitrogens with one attached hydrogen (secondary N) is 1. The molecule has 3 aromatic rings. The first-order chi connectivity index (χ1) is 12.7. The molecule has 0 saturated carbocycles. The average molecular weight is 351 g/mol. The van der Waals surface area contributed by atoms with Crippen molar-refractivity contribution < 1.29 is 9.18 Å². The molecule has 0 aliphatic carbocycles. The van der Waals surface area contributed by atoms with Gasteiger partial charge in [0.05, 0.1) is 17.6 Å². The van der Waals surface area contributed by atoms with E-state index in [-0.39, 0.29) is 17.4 Å². The van der Waals surface area contributed by atoms with Crippen LogP contribution in [0.3, 0.4) is 0 Å². The van der Waals surface area contributed by atoms with Crippen molar-refractivity contribution in [2.24, 2.45) is 0 Å². The Hall–Kier alpha value is -3.22. The van der Waals surface area contributed by atoms with Crippen molar-refractivity contribution in [3.63, 3.8) is 0 Å². The Balaban J connectivity index is 1.44. The number of carbonyl (C=O) groups excluding carboxylic acids is 1. The topological polar surface area (TPSA) is 63.1 Å². The Labute approximate surface area is 150 Å². The number of benzene rings is 1. The lowest BCUT2D eigenvalue weighted by molar-refractivity contribution is 0.102. The summed E-state index contributed by atoms with van der Waals surface area (Å²) < 4.78 is 14.5. The van der Waals surface area contributed by atoms with Gasteiger partial charge in [-0.15, -0.1) is 0 Å². The van der Waals surface area contributed by atoms with Crippen LogP contribution in [0.5, 0.6) is 0 Å². The van der Waals surface area contributed by atoms with E-state index >= 15 is 0 Å². The van der Waals surface area contributed by atoms with Gasteiger partial charge in [0.25, 0.3) is 5.91 Å². The lowest BCUT2D eigenvalue weighted by Crippen LogP contribution is -2.19. The van der Waals surface area contributed by atoms with E-state index in [1.165, 1.54) is 29.7 Å². The standard InChI is InChI=1S/C19H18FN5O/c20-14-3-6-16(7-4-14)25-12-9-17(23-25)19(26)22-15-5-8-18(21-13-15)24-10-1-2-11-24/h3-9,12-13H,1-2,10-11H2,(H,22,26). The number of aromatic nitrogens is 3. The smallest absolute Gasteiger partial charge is 0.276 e. The van der Waals surface area contributed by atoms with Crippen molar-refractivity contribution in [1.29, 1.82) is 0 Å². The van der Waals surface area contributed by atoms with E-state index in [1.807, 2.05) is 12.1 Å². The fraction of sp³-hybridized carbons (Fsp3) is 0.211. The second-order valence-corrected chi connectivity index (χ2v) is 6.18. The zero-order valence-electron chi connectivity index (χ0n) is 14.1. The summed E-state index contributed by atoms with van der Waals surface area (Å²) >= 11 is 0. The molecule has 0 unspecified atom stereocenters. The van der Waals surface area contributed by atoms with Gasteiger partial charge < -0.3 is 10.2 Å². The minimum atomic E-state index is -0.318. The number of halogens is 1. The number of hydrogen-bond acceptors (Lipinski definition) is 4. The molecule has 2 aromatic heterocycles. The lowest BCUT2D eigenvalue weighted by atomic mass is 10.3. The van der Waals surface area contributed by atoms with Gasteiger partial charge >= 0.3 is 0 Å². The first kappa shape index (κ1) is 16.3. The summed E-state index contributed by atoms with van der Waals surface area (Å²) in [7, 11) is 0. The lowest BCUT2D eigenvalue weighted by Gasteiger charge is -2.16. The Kier molecular flexibility index (Phi) is 4.35. The molecule has 1 N–H and O–H groups in total. The van der Waals surface area contributed by atoms with E-state index in [0.29, 0.717) is 11.4 Å². The van der Waals surface area contributed by atoms with Gasteiger partial charge in [-0.2, -0.15) is 5.10 Å². The van der Waals surface area contributed by atoms with Crippen LogP contribution < -0.4 is 10.2 Å². The summed E-state index contributed by atoms with van der Waals surface area (Å²) in [6.07, 6.45) is 5.70. The van der Waals surface area contributed by atoms with E-state index in [2.05, 4.69) is 20.3 Å². The summed E-state index contributed by atoms with van der Waals surface area (Å²) in [6, 6.07) is 11.3. The fourth-order valence-electron chi connectivity index (χ4n) is 2.97. The maximum absolute atomic E-state index is 13.0. The van der Waals surface area contributed by atoms with Crippen molar-refractivity contribution in [1.82, 2.24) is 14.8 Å². The molecule has 1 fully saturated rings. The summed E-state index contributed by atoms with van der Waals surface area (Å²) in [4.78, 5) is 19.0. The minimum absolute atomic E-state index is 0.276. The van der Waals surface area contributed by atoms with Crippen molar-refractivity contribution in [3.05, 3.63) is 66.4 Å². The maximum atomic E-state index is 13.0. The summed E-state index contributed by atoms with van der Waals surface area (Å²) in [5, 5.41) is 7.03. The molecule has 26 heavy (non-hydrogen) atoms. The van der Waals surface area contributed by atoms with Crippen molar-refractivity contribution in [2.45, 2.75) is 12.8 Å². The Morgan fingerprint density at radius 3 is 2.50 bits per heavy atom. The molecule has 6 nitrogen and oxygen atoms in total. The number of amides is 1. The van der Waals surface area contributed by atoms with E-state index < -0.39 is 0 Å². The van der Waals surface area contributed by atoms with Gasteiger partial charge in [0.1, 0.15) is 11.6 Å². The zero-order valence-corrected chi connectivity index (χ0v) is 14.1. The SMILES string of the molecule is O=C(Nc1ccc(N2CCCC2)nc1)c1ccn(-c2ccc(F)cc2)n1.